The molecule has 170 valence electrons. The molecule has 1 unspecified atom stereocenters. The summed E-state index contributed by atoms with van der Waals surface area (Å²) in [6.07, 6.45) is 7.55. The molecule has 0 heterocycles. The van der Waals surface area contributed by atoms with Crippen molar-refractivity contribution in [2.75, 3.05) is 12.4 Å². The average Bonchev–Trinajstić information content (AvgIpc) is 2.99. The van der Waals surface area contributed by atoms with Crippen molar-refractivity contribution in [1.29, 1.82) is 0 Å². The Morgan fingerprint density at radius 3 is 2.59 bits per heavy atom. The van der Waals surface area contributed by atoms with Crippen molar-refractivity contribution in [3.63, 3.8) is 0 Å². The highest BCUT2D eigenvalue weighted by molar-refractivity contribution is 6.00. The molecule has 0 aliphatic heterocycles. The van der Waals surface area contributed by atoms with Gasteiger partial charge in [-0.05, 0) is 87.0 Å². The molecular weight excluding hydrogens is 398 g/mol. The molecule has 0 aromatic heterocycles. The monoisotopic (exact) mass is 433 g/mol. The van der Waals surface area contributed by atoms with Gasteiger partial charge in [0, 0.05) is 29.2 Å². The predicted octanol–water partition coefficient (Wildman–Crippen LogP) is 6.15. The van der Waals surface area contributed by atoms with E-state index in [1.807, 2.05) is 30.3 Å². The Morgan fingerprint density at radius 1 is 1.09 bits per heavy atom. The van der Waals surface area contributed by atoms with Gasteiger partial charge >= 0.3 is 0 Å². The Hall–Kier alpha value is -2.62. The van der Waals surface area contributed by atoms with E-state index in [9.17, 15) is 9.59 Å². The zero-order chi connectivity index (χ0) is 22.7. The maximum absolute atomic E-state index is 13.4. The number of carbonyl (C=O) groups excluding carboxylic acids is 2. The molecule has 2 aliphatic carbocycles. The average molecular weight is 434 g/mol. The minimum atomic E-state index is 0.0125. The summed E-state index contributed by atoms with van der Waals surface area (Å²) in [4.78, 5) is 26.3. The number of amides is 1. The highest BCUT2D eigenvalue weighted by atomic mass is 16.5. The molecule has 4 heteroatoms. The summed E-state index contributed by atoms with van der Waals surface area (Å²) in [6, 6.07) is 12.0. The third kappa shape index (κ3) is 4.60. The molecule has 1 amide bonds. The molecule has 32 heavy (non-hydrogen) atoms. The highest BCUT2D eigenvalue weighted by Gasteiger charge is 2.36. The van der Waals surface area contributed by atoms with Gasteiger partial charge in [-0.15, -0.1) is 0 Å². The zero-order valence-electron chi connectivity index (χ0n) is 19.6. The number of rotatable bonds is 5. The van der Waals surface area contributed by atoms with Gasteiger partial charge in [-0.1, -0.05) is 31.2 Å². The molecule has 1 N–H and O–H groups in total. The van der Waals surface area contributed by atoms with E-state index in [-0.39, 0.29) is 17.7 Å². The van der Waals surface area contributed by atoms with Crippen LogP contribution in [-0.4, -0.2) is 18.8 Å². The molecule has 0 saturated heterocycles. The molecule has 0 radical (unpaired) electrons. The smallest absolute Gasteiger partial charge is 0.227 e. The van der Waals surface area contributed by atoms with Crippen molar-refractivity contribution in [3.05, 3.63) is 58.7 Å². The Kier molecular flexibility index (Phi) is 6.98. The van der Waals surface area contributed by atoms with Gasteiger partial charge < -0.3 is 10.1 Å². The molecule has 1 fully saturated rings. The van der Waals surface area contributed by atoms with Crippen LogP contribution in [0.1, 0.15) is 72.5 Å². The van der Waals surface area contributed by atoms with E-state index in [4.69, 9.17) is 4.74 Å². The summed E-state index contributed by atoms with van der Waals surface area (Å²) in [5.74, 6) is 1.74. The normalized spacial score (nSPS) is 23.2. The first-order valence-electron chi connectivity index (χ1n) is 12.1. The number of fused-ring (bicyclic) bond motifs is 1. The van der Waals surface area contributed by atoms with Crippen LogP contribution in [0.3, 0.4) is 0 Å². The van der Waals surface area contributed by atoms with Crippen molar-refractivity contribution in [2.45, 2.75) is 65.2 Å². The van der Waals surface area contributed by atoms with Crippen LogP contribution in [0.5, 0.6) is 5.75 Å². The van der Waals surface area contributed by atoms with Gasteiger partial charge in [-0.3, -0.25) is 9.59 Å². The standard InChI is InChI=1S/C28H35NO3/c1-4-19-15-16-22(17-26(19)32-3)29-28(31)21-13-11-20(12-14-21)24-9-6-8-23-18(2)7-5-10-25(23)27(24)30/h5,7,10,15-17,20-21,24H,4,6,8-9,11-14H2,1-3H3,(H,29,31). The first-order valence-corrected chi connectivity index (χ1v) is 12.1. The Morgan fingerprint density at radius 2 is 1.88 bits per heavy atom. The summed E-state index contributed by atoms with van der Waals surface area (Å²) in [6.45, 7) is 4.20. The van der Waals surface area contributed by atoms with E-state index in [0.29, 0.717) is 11.7 Å². The quantitative estimate of drug-likeness (QED) is 0.576. The number of ether oxygens (including phenoxy) is 1. The topological polar surface area (TPSA) is 55.4 Å². The van der Waals surface area contributed by atoms with Gasteiger partial charge in [-0.2, -0.15) is 0 Å². The fourth-order valence-corrected chi connectivity index (χ4v) is 5.69. The third-order valence-electron chi connectivity index (χ3n) is 7.60. The van der Waals surface area contributed by atoms with Crippen LogP contribution < -0.4 is 10.1 Å². The Bertz CT molecular complexity index is 988. The number of Topliss-reactive ketones (excluding diaryl/α,β-unsaturated/α-hetero) is 1. The van der Waals surface area contributed by atoms with Crippen molar-refractivity contribution in [1.82, 2.24) is 0 Å². The third-order valence-corrected chi connectivity index (χ3v) is 7.60. The van der Waals surface area contributed by atoms with E-state index < -0.39 is 0 Å². The number of methoxy groups -OCH3 is 1. The van der Waals surface area contributed by atoms with Crippen molar-refractivity contribution < 1.29 is 14.3 Å². The van der Waals surface area contributed by atoms with E-state index in [2.05, 4.69) is 25.2 Å². The first-order chi connectivity index (χ1) is 15.5. The number of hydrogen-bond acceptors (Lipinski definition) is 3. The SMILES string of the molecule is CCc1ccc(NC(=O)C2CCC(C3CCCc4c(C)cccc4C3=O)CC2)cc1OC. The molecule has 4 rings (SSSR count). The number of hydrogen-bond donors (Lipinski definition) is 1. The van der Waals surface area contributed by atoms with Crippen molar-refractivity contribution in [3.8, 4) is 5.75 Å². The summed E-state index contributed by atoms with van der Waals surface area (Å²) in [7, 11) is 1.66. The molecule has 2 aliphatic rings. The number of anilines is 1. The molecular formula is C28H35NO3. The molecule has 0 spiro atoms. The second kappa shape index (κ2) is 9.89. The maximum atomic E-state index is 13.4. The minimum absolute atomic E-state index is 0.0125. The van der Waals surface area contributed by atoms with E-state index in [1.165, 1.54) is 11.1 Å². The number of ketones is 1. The fourth-order valence-electron chi connectivity index (χ4n) is 5.69. The lowest BCUT2D eigenvalue weighted by Crippen LogP contribution is -2.32. The Balaban J connectivity index is 1.38. The van der Waals surface area contributed by atoms with Crippen LogP contribution in [0, 0.1) is 24.7 Å². The van der Waals surface area contributed by atoms with Gasteiger partial charge in [0.2, 0.25) is 5.91 Å². The summed E-state index contributed by atoms with van der Waals surface area (Å²) in [5.41, 5.74) is 5.35. The van der Waals surface area contributed by atoms with E-state index in [1.54, 1.807) is 7.11 Å². The number of aryl methyl sites for hydroxylation is 2. The van der Waals surface area contributed by atoms with E-state index >= 15 is 0 Å². The van der Waals surface area contributed by atoms with Crippen LogP contribution in [0.25, 0.3) is 0 Å². The number of nitrogens with one attached hydrogen (secondary N) is 1. The lowest BCUT2D eigenvalue weighted by Gasteiger charge is -2.32. The predicted molar refractivity (Wildman–Crippen MR) is 128 cm³/mol. The molecule has 1 atom stereocenters. The van der Waals surface area contributed by atoms with E-state index in [0.717, 1.165) is 73.9 Å². The largest absolute Gasteiger partial charge is 0.496 e. The molecule has 4 nitrogen and oxygen atoms in total. The summed E-state index contributed by atoms with van der Waals surface area (Å²) < 4.78 is 5.45. The summed E-state index contributed by atoms with van der Waals surface area (Å²) >= 11 is 0. The second-order valence-electron chi connectivity index (χ2n) is 9.45. The van der Waals surface area contributed by atoms with Gasteiger partial charge in [0.25, 0.3) is 0 Å². The first kappa shape index (κ1) is 22.6. The molecule has 2 aromatic carbocycles. The van der Waals surface area contributed by atoms with Crippen LogP contribution in [0.15, 0.2) is 36.4 Å². The highest BCUT2D eigenvalue weighted by Crippen LogP contribution is 2.40. The van der Waals surface area contributed by atoms with Crippen molar-refractivity contribution >= 4 is 17.4 Å². The Labute approximate surface area is 191 Å². The molecule has 1 saturated carbocycles. The second-order valence-corrected chi connectivity index (χ2v) is 9.45. The molecule has 0 bridgehead atoms. The van der Waals surface area contributed by atoms with Crippen LogP contribution >= 0.6 is 0 Å². The van der Waals surface area contributed by atoms with Gasteiger partial charge in [0.05, 0.1) is 7.11 Å². The van der Waals surface area contributed by atoms with Crippen LogP contribution in [-0.2, 0) is 17.6 Å². The fraction of sp³-hybridized carbons (Fsp3) is 0.500. The van der Waals surface area contributed by atoms with Gasteiger partial charge in [0.1, 0.15) is 5.75 Å². The van der Waals surface area contributed by atoms with Crippen LogP contribution in [0.2, 0.25) is 0 Å². The van der Waals surface area contributed by atoms with Gasteiger partial charge in [0.15, 0.2) is 5.78 Å². The van der Waals surface area contributed by atoms with Crippen molar-refractivity contribution in [2.24, 2.45) is 17.8 Å². The lowest BCUT2D eigenvalue weighted by molar-refractivity contribution is -0.121. The maximum Gasteiger partial charge on any atom is 0.227 e. The number of benzene rings is 2. The molecule has 2 aromatic rings. The van der Waals surface area contributed by atoms with Crippen LogP contribution in [0.4, 0.5) is 5.69 Å². The van der Waals surface area contributed by atoms with Gasteiger partial charge in [-0.25, -0.2) is 0 Å². The number of carbonyl (C=O) groups is 2. The minimum Gasteiger partial charge on any atom is -0.496 e. The lowest BCUT2D eigenvalue weighted by atomic mass is 9.72. The zero-order valence-corrected chi connectivity index (χ0v) is 19.6. The summed E-state index contributed by atoms with van der Waals surface area (Å²) in [5, 5.41) is 3.08.